The van der Waals surface area contributed by atoms with Gasteiger partial charge < -0.3 is 4.90 Å². The zero-order valence-electron chi connectivity index (χ0n) is 15.3. The molecule has 0 radical (unpaired) electrons. The molecule has 3 rings (SSSR count). The zero-order valence-corrected chi connectivity index (χ0v) is 15.3. The summed E-state index contributed by atoms with van der Waals surface area (Å²) < 4.78 is 1.90. The van der Waals surface area contributed by atoms with E-state index in [9.17, 15) is 4.79 Å². The Balaban J connectivity index is 1.76. The number of para-hydroxylation sites is 1. The number of amides is 1. The highest BCUT2D eigenvalue weighted by atomic mass is 16.2. The van der Waals surface area contributed by atoms with E-state index >= 15 is 0 Å². The number of hydrogen-bond donors (Lipinski definition) is 0. The molecule has 0 aliphatic rings. The lowest BCUT2D eigenvalue weighted by atomic mass is 10.1. The summed E-state index contributed by atoms with van der Waals surface area (Å²) in [6.45, 7) is 4.49. The Morgan fingerprint density at radius 3 is 2.62 bits per heavy atom. The Bertz CT molecular complexity index is 914. The molecule has 132 valence electrons. The predicted molar refractivity (Wildman–Crippen MR) is 103 cm³/mol. The van der Waals surface area contributed by atoms with Crippen LogP contribution in [0.25, 0.3) is 11.8 Å². The average Bonchev–Trinajstić information content (AvgIpc) is 2.95. The molecule has 5 heteroatoms. The fraction of sp³-hybridized carbons (Fsp3) is 0.190. The summed E-state index contributed by atoms with van der Waals surface area (Å²) in [6.07, 6.45) is 6.94. The Morgan fingerprint density at radius 2 is 1.92 bits per heavy atom. The molecule has 26 heavy (non-hydrogen) atoms. The molecule has 1 aromatic carbocycles. The fourth-order valence-electron chi connectivity index (χ4n) is 2.84. The lowest BCUT2D eigenvalue weighted by molar-refractivity contribution is -0.125. The minimum Gasteiger partial charge on any atom is -0.338 e. The second-order valence-electron chi connectivity index (χ2n) is 6.22. The Labute approximate surface area is 153 Å². The maximum absolute atomic E-state index is 12.4. The normalized spacial score (nSPS) is 11.0. The van der Waals surface area contributed by atoms with E-state index in [2.05, 4.69) is 10.1 Å². The third kappa shape index (κ3) is 3.88. The molecule has 0 N–H and O–H groups in total. The second-order valence-corrected chi connectivity index (χ2v) is 6.22. The molecule has 0 unspecified atom stereocenters. The highest BCUT2D eigenvalue weighted by Gasteiger charge is 2.12. The zero-order chi connectivity index (χ0) is 18.5. The average molecular weight is 346 g/mol. The molecule has 5 nitrogen and oxygen atoms in total. The van der Waals surface area contributed by atoms with E-state index in [1.807, 2.05) is 67.1 Å². The number of pyridine rings is 1. The maximum Gasteiger partial charge on any atom is 0.246 e. The minimum atomic E-state index is -0.0554. The third-order valence-corrected chi connectivity index (χ3v) is 4.26. The van der Waals surface area contributed by atoms with Crippen LogP contribution in [0.2, 0.25) is 0 Å². The number of aryl methyl sites for hydroxylation is 1. The highest BCUT2D eigenvalue weighted by molar-refractivity contribution is 5.91. The lowest BCUT2D eigenvalue weighted by Crippen LogP contribution is -2.24. The number of rotatable bonds is 5. The first kappa shape index (κ1) is 17.6. The second kappa shape index (κ2) is 7.78. The van der Waals surface area contributed by atoms with Crippen LogP contribution in [0.5, 0.6) is 0 Å². The number of benzene rings is 1. The van der Waals surface area contributed by atoms with Gasteiger partial charge in [-0.05, 0) is 43.7 Å². The van der Waals surface area contributed by atoms with Crippen LogP contribution >= 0.6 is 0 Å². The standard InChI is InChI=1S/C21H22N4O/c1-16-20(17(2)25(23-16)19-9-5-4-6-10-19)11-12-21(26)24(3)15-18-8-7-13-22-14-18/h4-14H,15H2,1-3H3. The van der Waals surface area contributed by atoms with Crippen molar-refractivity contribution < 1.29 is 4.79 Å². The van der Waals surface area contributed by atoms with E-state index in [-0.39, 0.29) is 5.91 Å². The quantitative estimate of drug-likeness (QED) is 0.664. The summed E-state index contributed by atoms with van der Waals surface area (Å²) in [4.78, 5) is 18.2. The van der Waals surface area contributed by atoms with Gasteiger partial charge >= 0.3 is 0 Å². The summed E-state index contributed by atoms with van der Waals surface area (Å²) >= 11 is 0. The van der Waals surface area contributed by atoms with Crippen molar-refractivity contribution >= 4 is 12.0 Å². The first-order valence-electron chi connectivity index (χ1n) is 8.50. The van der Waals surface area contributed by atoms with Crippen molar-refractivity contribution in [1.82, 2.24) is 19.7 Å². The monoisotopic (exact) mass is 346 g/mol. The van der Waals surface area contributed by atoms with Crippen molar-refractivity contribution in [2.75, 3.05) is 7.05 Å². The van der Waals surface area contributed by atoms with Crippen molar-refractivity contribution in [2.45, 2.75) is 20.4 Å². The van der Waals surface area contributed by atoms with Gasteiger partial charge in [-0.2, -0.15) is 5.10 Å². The summed E-state index contributed by atoms with van der Waals surface area (Å²) in [7, 11) is 1.78. The van der Waals surface area contributed by atoms with Crippen LogP contribution in [-0.2, 0) is 11.3 Å². The van der Waals surface area contributed by atoms with E-state index in [0.29, 0.717) is 6.54 Å². The Hall–Kier alpha value is -3.21. The molecule has 0 atom stereocenters. The van der Waals surface area contributed by atoms with Crippen LogP contribution in [0, 0.1) is 13.8 Å². The number of nitrogens with zero attached hydrogens (tertiary/aromatic N) is 4. The number of aromatic nitrogens is 3. The first-order chi connectivity index (χ1) is 12.6. The predicted octanol–water partition coefficient (Wildman–Crippen LogP) is 3.56. The molecular weight excluding hydrogens is 324 g/mol. The van der Waals surface area contributed by atoms with E-state index in [1.165, 1.54) is 0 Å². The van der Waals surface area contributed by atoms with Crippen LogP contribution in [-0.4, -0.2) is 32.6 Å². The van der Waals surface area contributed by atoms with Gasteiger partial charge in [0.25, 0.3) is 0 Å². The van der Waals surface area contributed by atoms with Gasteiger partial charge in [-0.25, -0.2) is 4.68 Å². The Kier molecular flexibility index (Phi) is 5.27. The molecule has 3 aromatic rings. The largest absolute Gasteiger partial charge is 0.338 e. The molecule has 0 fully saturated rings. The van der Waals surface area contributed by atoms with Gasteiger partial charge in [0.2, 0.25) is 5.91 Å². The molecule has 0 saturated heterocycles. The molecule has 2 heterocycles. The van der Waals surface area contributed by atoms with Crippen molar-refractivity contribution in [2.24, 2.45) is 0 Å². The Morgan fingerprint density at radius 1 is 1.15 bits per heavy atom. The number of likely N-dealkylation sites (N-methyl/N-ethyl adjacent to an activating group) is 1. The summed E-state index contributed by atoms with van der Waals surface area (Å²) in [5.74, 6) is -0.0554. The van der Waals surface area contributed by atoms with Gasteiger partial charge in [-0.15, -0.1) is 0 Å². The topological polar surface area (TPSA) is 51.0 Å². The van der Waals surface area contributed by atoms with Gasteiger partial charge in [0.1, 0.15) is 0 Å². The van der Waals surface area contributed by atoms with E-state index < -0.39 is 0 Å². The summed E-state index contributed by atoms with van der Waals surface area (Å²) in [5.41, 5.74) is 4.88. The molecular formula is C21H22N4O. The lowest BCUT2D eigenvalue weighted by Gasteiger charge is -2.14. The molecule has 0 spiro atoms. The number of carbonyl (C=O) groups excluding carboxylic acids is 1. The van der Waals surface area contributed by atoms with Crippen LogP contribution in [0.15, 0.2) is 60.9 Å². The van der Waals surface area contributed by atoms with Gasteiger partial charge in [0.15, 0.2) is 0 Å². The smallest absolute Gasteiger partial charge is 0.246 e. The SMILES string of the molecule is Cc1nn(-c2ccccc2)c(C)c1C=CC(=O)N(C)Cc1cccnc1. The van der Waals surface area contributed by atoms with Crippen LogP contribution in [0.1, 0.15) is 22.5 Å². The maximum atomic E-state index is 12.4. The van der Waals surface area contributed by atoms with E-state index in [1.54, 1.807) is 30.4 Å². The molecule has 0 saturated carbocycles. The van der Waals surface area contributed by atoms with Crippen molar-refractivity contribution in [3.05, 3.63) is 83.4 Å². The van der Waals surface area contributed by atoms with E-state index in [4.69, 9.17) is 0 Å². The summed E-state index contributed by atoms with van der Waals surface area (Å²) in [5, 5.41) is 4.60. The number of carbonyl (C=O) groups is 1. The van der Waals surface area contributed by atoms with Crippen molar-refractivity contribution in [3.8, 4) is 5.69 Å². The van der Waals surface area contributed by atoms with E-state index in [0.717, 1.165) is 28.2 Å². The molecule has 1 amide bonds. The van der Waals surface area contributed by atoms with Crippen LogP contribution < -0.4 is 0 Å². The van der Waals surface area contributed by atoms with Crippen molar-refractivity contribution in [3.63, 3.8) is 0 Å². The van der Waals surface area contributed by atoms with Crippen LogP contribution in [0.4, 0.5) is 0 Å². The van der Waals surface area contributed by atoms with Gasteiger partial charge in [-0.3, -0.25) is 9.78 Å². The fourth-order valence-corrected chi connectivity index (χ4v) is 2.84. The van der Waals surface area contributed by atoms with Gasteiger partial charge in [-0.1, -0.05) is 24.3 Å². The molecule has 0 aliphatic carbocycles. The van der Waals surface area contributed by atoms with Gasteiger partial charge in [0.05, 0.1) is 11.4 Å². The van der Waals surface area contributed by atoms with Crippen LogP contribution in [0.3, 0.4) is 0 Å². The molecule has 0 aliphatic heterocycles. The minimum absolute atomic E-state index is 0.0554. The molecule has 0 bridgehead atoms. The van der Waals surface area contributed by atoms with Gasteiger partial charge in [0, 0.05) is 43.3 Å². The highest BCUT2D eigenvalue weighted by Crippen LogP contribution is 2.19. The molecule has 2 aromatic heterocycles. The summed E-state index contributed by atoms with van der Waals surface area (Å²) in [6, 6.07) is 13.8. The third-order valence-electron chi connectivity index (χ3n) is 4.26. The number of hydrogen-bond acceptors (Lipinski definition) is 3. The van der Waals surface area contributed by atoms with Crippen molar-refractivity contribution in [1.29, 1.82) is 0 Å². The first-order valence-corrected chi connectivity index (χ1v) is 8.50.